The molecular formula is C24H32F4N4O3. The molecule has 194 valence electrons. The molecule has 1 heterocycles. The van der Waals surface area contributed by atoms with E-state index in [1.54, 1.807) is 11.0 Å². The molecule has 3 fully saturated rings. The van der Waals surface area contributed by atoms with E-state index in [2.05, 4.69) is 10.1 Å². The summed E-state index contributed by atoms with van der Waals surface area (Å²) in [5.41, 5.74) is 5.96. The number of nitrogens with two attached hydrogens (primary N) is 1. The first-order valence-electron chi connectivity index (χ1n) is 12.1. The minimum absolute atomic E-state index is 0.0486. The fraction of sp³-hybridized carbons (Fsp3) is 0.667. The highest BCUT2D eigenvalue weighted by Gasteiger charge is 2.46. The Morgan fingerprint density at radius 3 is 2.49 bits per heavy atom. The smallest absolute Gasteiger partial charge is 0.428 e. The number of benzene rings is 1. The molecule has 3 N–H and O–H groups in total. The molecule has 2 amide bonds. The number of halogens is 4. The topological polar surface area (TPSA) is 87.9 Å². The van der Waals surface area contributed by atoms with Gasteiger partial charge in [-0.15, -0.1) is 0 Å². The van der Waals surface area contributed by atoms with Crippen LogP contribution in [0.4, 0.5) is 23.2 Å². The lowest BCUT2D eigenvalue weighted by Crippen LogP contribution is -2.57. The van der Waals surface area contributed by atoms with Crippen LogP contribution in [0.1, 0.15) is 45.4 Å². The van der Waals surface area contributed by atoms with E-state index in [-0.39, 0.29) is 23.6 Å². The number of nitrogens with one attached hydrogen (secondary N) is 1. The number of nitrogens with zero attached hydrogens (tertiary/aromatic N) is 2. The van der Waals surface area contributed by atoms with Crippen LogP contribution in [-0.2, 0) is 9.59 Å². The molecule has 0 radical (unpaired) electrons. The first kappa shape index (κ1) is 25.5. The maximum Gasteiger partial charge on any atom is 0.461 e. The van der Waals surface area contributed by atoms with E-state index in [4.69, 9.17) is 5.73 Å². The lowest BCUT2D eigenvalue weighted by atomic mass is 9.77. The van der Waals surface area contributed by atoms with E-state index in [0.29, 0.717) is 38.2 Å². The van der Waals surface area contributed by atoms with Gasteiger partial charge in [-0.2, -0.15) is 17.6 Å². The molecule has 0 aromatic heterocycles. The monoisotopic (exact) mass is 500 g/mol. The Bertz CT molecular complexity index is 943. The largest absolute Gasteiger partial charge is 0.461 e. The van der Waals surface area contributed by atoms with Crippen molar-refractivity contribution in [2.45, 2.75) is 69.7 Å². The van der Waals surface area contributed by atoms with Crippen LogP contribution < -0.4 is 20.7 Å². The summed E-state index contributed by atoms with van der Waals surface area (Å²) in [5, 5.41) is 2.90. The number of hydrogen-bond donors (Lipinski definition) is 2. The summed E-state index contributed by atoms with van der Waals surface area (Å²) >= 11 is 0. The Labute approximate surface area is 201 Å². The minimum Gasteiger partial charge on any atom is -0.428 e. The van der Waals surface area contributed by atoms with Crippen molar-refractivity contribution in [3.05, 3.63) is 24.3 Å². The zero-order chi connectivity index (χ0) is 25.4. The molecule has 3 atom stereocenters. The van der Waals surface area contributed by atoms with Crippen molar-refractivity contribution < 1.29 is 31.9 Å². The van der Waals surface area contributed by atoms with Gasteiger partial charge < -0.3 is 25.6 Å². The second kappa shape index (κ2) is 9.83. The van der Waals surface area contributed by atoms with Gasteiger partial charge in [0.1, 0.15) is 5.75 Å². The van der Waals surface area contributed by atoms with Gasteiger partial charge in [0.15, 0.2) is 0 Å². The van der Waals surface area contributed by atoms with Gasteiger partial charge in [0.25, 0.3) is 0 Å². The number of hydrogen-bond acceptors (Lipinski definition) is 5. The number of alkyl halides is 4. The van der Waals surface area contributed by atoms with Crippen molar-refractivity contribution in [1.29, 1.82) is 0 Å². The second-order valence-electron chi connectivity index (χ2n) is 9.93. The fourth-order valence-electron chi connectivity index (χ4n) is 5.02. The third-order valence-corrected chi connectivity index (χ3v) is 7.18. The quantitative estimate of drug-likeness (QED) is 0.443. The lowest BCUT2D eigenvalue weighted by molar-refractivity contribution is -0.253. The SMILES string of the molecule is C[C@@H]1CN(c2cccc(OC(F)(F)C(F)F)c2)CCN1C(=O)[C@@H]1CCCC[C@H]1C(=O)NC1(N)CC1. The minimum atomic E-state index is -4.58. The van der Waals surface area contributed by atoms with E-state index >= 15 is 0 Å². The normalized spacial score (nSPS) is 26.4. The predicted octanol–water partition coefficient (Wildman–Crippen LogP) is 3.33. The molecule has 4 rings (SSSR count). The molecule has 2 aliphatic carbocycles. The Morgan fingerprint density at radius 1 is 1.17 bits per heavy atom. The summed E-state index contributed by atoms with van der Waals surface area (Å²) < 4.78 is 55.8. The van der Waals surface area contributed by atoms with Crippen LogP contribution in [0, 0.1) is 11.8 Å². The van der Waals surface area contributed by atoms with Crippen molar-refractivity contribution in [3.63, 3.8) is 0 Å². The number of amides is 2. The maximum atomic E-state index is 13.5. The number of rotatable bonds is 7. The zero-order valence-corrected chi connectivity index (χ0v) is 19.7. The van der Waals surface area contributed by atoms with Crippen LogP contribution in [0.3, 0.4) is 0 Å². The Hall–Kier alpha value is -2.56. The van der Waals surface area contributed by atoms with Crippen LogP contribution in [-0.4, -0.2) is 60.6 Å². The average molecular weight is 501 g/mol. The summed E-state index contributed by atoms with van der Waals surface area (Å²) in [5.74, 6) is -1.34. The highest BCUT2D eigenvalue weighted by Crippen LogP contribution is 2.36. The molecule has 0 bridgehead atoms. The van der Waals surface area contributed by atoms with Crippen LogP contribution in [0.5, 0.6) is 5.75 Å². The summed E-state index contributed by atoms with van der Waals surface area (Å²) in [7, 11) is 0. The van der Waals surface area contributed by atoms with Gasteiger partial charge in [0, 0.05) is 49.3 Å². The number of ether oxygens (including phenoxy) is 1. The first-order chi connectivity index (χ1) is 16.5. The number of carbonyl (C=O) groups is 2. The third kappa shape index (κ3) is 5.82. The molecule has 11 heteroatoms. The van der Waals surface area contributed by atoms with Crippen LogP contribution in [0.15, 0.2) is 24.3 Å². The molecule has 0 spiro atoms. The van der Waals surface area contributed by atoms with E-state index in [9.17, 15) is 27.2 Å². The predicted molar refractivity (Wildman–Crippen MR) is 121 cm³/mol. The average Bonchev–Trinajstić information content (AvgIpc) is 3.54. The van der Waals surface area contributed by atoms with Crippen LogP contribution in [0.2, 0.25) is 0 Å². The van der Waals surface area contributed by atoms with E-state index < -0.39 is 30.0 Å². The molecule has 0 unspecified atom stereocenters. The van der Waals surface area contributed by atoms with Crippen molar-refractivity contribution in [1.82, 2.24) is 10.2 Å². The van der Waals surface area contributed by atoms with E-state index in [1.165, 1.54) is 18.2 Å². The highest BCUT2D eigenvalue weighted by molar-refractivity contribution is 5.88. The van der Waals surface area contributed by atoms with Crippen molar-refractivity contribution in [2.75, 3.05) is 24.5 Å². The second-order valence-corrected chi connectivity index (χ2v) is 9.93. The highest BCUT2D eigenvalue weighted by atomic mass is 19.3. The molecule has 1 saturated heterocycles. The summed E-state index contributed by atoms with van der Waals surface area (Å²) in [6, 6.07) is 5.44. The first-order valence-corrected chi connectivity index (χ1v) is 12.1. The number of carbonyl (C=O) groups excluding carboxylic acids is 2. The van der Waals surface area contributed by atoms with Gasteiger partial charge in [-0.1, -0.05) is 18.9 Å². The molecule has 7 nitrogen and oxygen atoms in total. The van der Waals surface area contributed by atoms with Gasteiger partial charge in [-0.05, 0) is 44.7 Å². The summed E-state index contributed by atoms with van der Waals surface area (Å²) in [4.78, 5) is 30.0. The molecule has 3 aliphatic rings. The molecule has 35 heavy (non-hydrogen) atoms. The van der Waals surface area contributed by atoms with Gasteiger partial charge in [0.2, 0.25) is 11.8 Å². The van der Waals surface area contributed by atoms with E-state index in [0.717, 1.165) is 25.7 Å². The standard InChI is InChI=1S/C24H32F4N4O3/c1-15-14-31(16-5-4-6-17(13-16)35-24(27,28)22(25)26)11-12-32(15)21(34)19-8-3-2-7-18(19)20(33)30-23(29)9-10-23/h4-6,13,15,18-19,22H,2-3,7-12,14,29H2,1H3,(H,30,33)/t15-,18-,19-/m1/s1. The molecule has 1 aromatic rings. The molecular weight excluding hydrogens is 468 g/mol. The lowest BCUT2D eigenvalue weighted by Gasteiger charge is -2.43. The van der Waals surface area contributed by atoms with Gasteiger partial charge >= 0.3 is 12.5 Å². The Morgan fingerprint density at radius 2 is 1.86 bits per heavy atom. The van der Waals surface area contributed by atoms with Crippen molar-refractivity contribution in [2.24, 2.45) is 17.6 Å². The Balaban J connectivity index is 1.40. The molecule has 2 saturated carbocycles. The van der Waals surface area contributed by atoms with E-state index in [1.807, 2.05) is 11.8 Å². The summed E-state index contributed by atoms with van der Waals surface area (Å²) in [6.07, 6.45) is -3.94. The number of piperazine rings is 1. The zero-order valence-electron chi connectivity index (χ0n) is 19.7. The summed E-state index contributed by atoms with van der Waals surface area (Å²) in [6.45, 7) is 3.15. The van der Waals surface area contributed by atoms with Gasteiger partial charge in [-0.3, -0.25) is 9.59 Å². The maximum absolute atomic E-state index is 13.5. The van der Waals surface area contributed by atoms with Gasteiger partial charge in [-0.25, -0.2) is 0 Å². The van der Waals surface area contributed by atoms with Crippen molar-refractivity contribution in [3.8, 4) is 5.75 Å². The molecule has 1 aliphatic heterocycles. The van der Waals surface area contributed by atoms with Crippen LogP contribution in [0.25, 0.3) is 0 Å². The fourth-order valence-corrected chi connectivity index (χ4v) is 5.02. The number of anilines is 1. The Kier molecular flexibility index (Phi) is 7.17. The molecule has 1 aromatic carbocycles. The van der Waals surface area contributed by atoms with Gasteiger partial charge in [0.05, 0.1) is 5.66 Å². The third-order valence-electron chi connectivity index (χ3n) is 7.18. The van der Waals surface area contributed by atoms with Crippen LogP contribution >= 0.6 is 0 Å². The van der Waals surface area contributed by atoms with Crippen molar-refractivity contribution >= 4 is 17.5 Å².